The van der Waals surface area contributed by atoms with E-state index >= 15 is 0 Å². The van der Waals surface area contributed by atoms with Crippen molar-refractivity contribution >= 4 is 29.2 Å². The first-order chi connectivity index (χ1) is 14.8. The van der Waals surface area contributed by atoms with Gasteiger partial charge in [0.2, 0.25) is 5.91 Å². The van der Waals surface area contributed by atoms with E-state index in [0.717, 1.165) is 12.0 Å². The van der Waals surface area contributed by atoms with E-state index in [0.29, 0.717) is 35.2 Å². The Bertz CT molecular complexity index is 873. The number of nitrogens with one attached hydrogen (secondary N) is 1. The average molecular weight is 449 g/mol. The average Bonchev–Trinajstić information content (AvgIpc) is 2.75. The number of methoxy groups -OCH3 is 1. The van der Waals surface area contributed by atoms with Crippen molar-refractivity contribution in [2.45, 2.75) is 32.2 Å². The molecule has 168 valence electrons. The molecule has 2 aromatic carbocycles. The van der Waals surface area contributed by atoms with E-state index < -0.39 is 12.0 Å². The first-order valence-electron chi connectivity index (χ1n) is 10.1. The summed E-state index contributed by atoms with van der Waals surface area (Å²) in [6, 6.07) is 11.8. The molecule has 1 atom stereocenters. The van der Waals surface area contributed by atoms with Crippen LogP contribution in [0.3, 0.4) is 0 Å². The molecule has 0 aliphatic heterocycles. The lowest BCUT2D eigenvalue weighted by Crippen LogP contribution is -2.35. The standard InChI is InChI=1S/C23H29ClN2O5/c1-4-11-26(2)23(29)22(16-7-9-17(24)10-8-16)25-18-13-19(30-3)15-20(14-18)31-12-5-6-21(27)28/h7-10,13-15,22,25H,4-6,11-12H2,1-3H3,(H,27,28). The van der Waals surface area contributed by atoms with Crippen LogP contribution in [0.1, 0.15) is 37.8 Å². The van der Waals surface area contributed by atoms with E-state index in [1.165, 1.54) is 0 Å². The first kappa shape index (κ1) is 24.3. The van der Waals surface area contributed by atoms with Crippen LogP contribution in [0.25, 0.3) is 0 Å². The number of benzene rings is 2. The number of ether oxygens (including phenoxy) is 2. The number of hydrogen-bond acceptors (Lipinski definition) is 5. The molecule has 1 unspecified atom stereocenters. The normalized spacial score (nSPS) is 11.5. The third-order valence-corrected chi connectivity index (χ3v) is 4.87. The smallest absolute Gasteiger partial charge is 0.303 e. The minimum Gasteiger partial charge on any atom is -0.497 e. The lowest BCUT2D eigenvalue weighted by molar-refractivity contribution is -0.137. The molecule has 7 nitrogen and oxygen atoms in total. The highest BCUT2D eigenvalue weighted by Gasteiger charge is 2.24. The van der Waals surface area contributed by atoms with Crippen LogP contribution < -0.4 is 14.8 Å². The largest absolute Gasteiger partial charge is 0.497 e. The number of anilines is 1. The molecule has 2 N–H and O–H groups in total. The predicted molar refractivity (Wildman–Crippen MR) is 121 cm³/mol. The molecule has 0 saturated heterocycles. The number of carbonyl (C=O) groups excluding carboxylic acids is 1. The van der Waals surface area contributed by atoms with Crippen molar-refractivity contribution in [1.82, 2.24) is 4.90 Å². The van der Waals surface area contributed by atoms with Crippen molar-refractivity contribution in [3.8, 4) is 11.5 Å². The molecular formula is C23H29ClN2O5. The lowest BCUT2D eigenvalue weighted by Gasteiger charge is -2.26. The van der Waals surface area contributed by atoms with Gasteiger partial charge in [0.05, 0.1) is 13.7 Å². The van der Waals surface area contributed by atoms with Gasteiger partial charge in [-0.25, -0.2) is 0 Å². The van der Waals surface area contributed by atoms with Crippen molar-refractivity contribution < 1.29 is 24.2 Å². The molecule has 0 radical (unpaired) electrons. The highest BCUT2D eigenvalue weighted by molar-refractivity contribution is 6.30. The number of halogens is 1. The number of carboxylic acid groups (broad SMARTS) is 1. The summed E-state index contributed by atoms with van der Waals surface area (Å²) >= 11 is 6.02. The molecule has 1 amide bonds. The van der Waals surface area contributed by atoms with Gasteiger partial charge in [-0.2, -0.15) is 0 Å². The molecule has 0 heterocycles. The van der Waals surface area contributed by atoms with Crippen LogP contribution in [0.2, 0.25) is 5.02 Å². The fourth-order valence-electron chi connectivity index (χ4n) is 3.05. The van der Waals surface area contributed by atoms with Crippen LogP contribution in [0.4, 0.5) is 5.69 Å². The van der Waals surface area contributed by atoms with Crippen LogP contribution in [-0.4, -0.2) is 49.2 Å². The molecule has 0 saturated carbocycles. The van der Waals surface area contributed by atoms with Crippen molar-refractivity contribution in [1.29, 1.82) is 0 Å². The fourth-order valence-corrected chi connectivity index (χ4v) is 3.17. The molecule has 2 aromatic rings. The number of rotatable bonds is 12. The van der Waals surface area contributed by atoms with Gasteiger partial charge in [-0.15, -0.1) is 0 Å². The summed E-state index contributed by atoms with van der Waals surface area (Å²) in [4.78, 5) is 25.5. The molecule has 0 aliphatic carbocycles. The Morgan fingerprint density at radius 1 is 1.16 bits per heavy atom. The Morgan fingerprint density at radius 2 is 1.84 bits per heavy atom. The van der Waals surface area contributed by atoms with Gasteiger partial charge in [-0.05, 0) is 30.5 Å². The summed E-state index contributed by atoms with van der Waals surface area (Å²) < 4.78 is 11.1. The second kappa shape index (κ2) is 12.1. The molecule has 0 bridgehead atoms. The third kappa shape index (κ3) is 7.68. The number of aliphatic carboxylic acids is 1. The SMILES string of the molecule is CCCN(C)C(=O)C(Nc1cc(OC)cc(OCCCC(=O)O)c1)c1ccc(Cl)cc1. The number of carbonyl (C=O) groups is 2. The molecular weight excluding hydrogens is 420 g/mol. The van der Waals surface area contributed by atoms with Gasteiger partial charge in [-0.1, -0.05) is 30.7 Å². The van der Waals surface area contributed by atoms with Crippen LogP contribution in [0.5, 0.6) is 11.5 Å². The Balaban J connectivity index is 2.27. The zero-order valence-electron chi connectivity index (χ0n) is 18.1. The Hall–Kier alpha value is -2.93. The van der Waals surface area contributed by atoms with Gasteiger partial charge in [0.25, 0.3) is 0 Å². The van der Waals surface area contributed by atoms with E-state index in [1.54, 1.807) is 49.4 Å². The van der Waals surface area contributed by atoms with E-state index in [2.05, 4.69) is 5.32 Å². The number of hydrogen-bond donors (Lipinski definition) is 2. The highest BCUT2D eigenvalue weighted by Crippen LogP contribution is 2.30. The molecule has 0 aromatic heterocycles. The second-order valence-corrected chi connectivity index (χ2v) is 7.57. The van der Waals surface area contributed by atoms with E-state index in [4.69, 9.17) is 26.2 Å². The van der Waals surface area contributed by atoms with E-state index in [9.17, 15) is 9.59 Å². The molecule has 0 fully saturated rings. The molecule has 2 rings (SSSR count). The molecule has 31 heavy (non-hydrogen) atoms. The van der Waals surface area contributed by atoms with Gasteiger partial charge < -0.3 is 24.8 Å². The van der Waals surface area contributed by atoms with Crippen molar-refractivity contribution in [3.63, 3.8) is 0 Å². The summed E-state index contributed by atoms with van der Waals surface area (Å²) in [5.74, 6) is 0.145. The van der Waals surface area contributed by atoms with Crippen molar-refractivity contribution in [3.05, 3.63) is 53.1 Å². The van der Waals surface area contributed by atoms with E-state index in [1.807, 2.05) is 19.1 Å². The van der Waals surface area contributed by atoms with Gasteiger partial charge in [-0.3, -0.25) is 9.59 Å². The van der Waals surface area contributed by atoms with Crippen LogP contribution >= 0.6 is 11.6 Å². The summed E-state index contributed by atoms with van der Waals surface area (Å²) in [7, 11) is 3.32. The summed E-state index contributed by atoms with van der Waals surface area (Å²) in [6.45, 7) is 2.92. The van der Waals surface area contributed by atoms with Crippen molar-refractivity contribution in [2.75, 3.05) is 32.6 Å². The number of carboxylic acids is 1. The summed E-state index contributed by atoms with van der Waals surface area (Å²) in [5.41, 5.74) is 1.43. The van der Waals surface area contributed by atoms with E-state index in [-0.39, 0.29) is 18.9 Å². The fraction of sp³-hybridized carbons (Fsp3) is 0.391. The topological polar surface area (TPSA) is 88.1 Å². The Kier molecular flexibility index (Phi) is 9.46. The van der Waals surface area contributed by atoms with Gasteiger partial charge in [0.15, 0.2) is 0 Å². The minimum absolute atomic E-state index is 0.0337. The number of likely N-dealkylation sites (N-methyl/N-ethyl adjacent to an activating group) is 1. The van der Waals surface area contributed by atoms with Gasteiger partial charge >= 0.3 is 5.97 Å². The zero-order chi connectivity index (χ0) is 22.8. The minimum atomic E-state index is -0.864. The summed E-state index contributed by atoms with van der Waals surface area (Å²) in [5, 5.41) is 12.6. The van der Waals surface area contributed by atoms with Crippen molar-refractivity contribution in [2.24, 2.45) is 0 Å². The lowest BCUT2D eigenvalue weighted by atomic mass is 10.0. The number of nitrogens with zero attached hydrogens (tertiary/aromatic N) is 1. The first-order valence-corrected chi connectivity index (χ1v) is 10.5. The maximum atomic E-state index is 13.1. The Morgan fingerprint density at radius 3 is 2.45 bits per heavy atom. The van der Waals surface area contributed by atoms with Crippen LogP contribution in [-0.2, 0) is 9.59 Å². The van der Waals surface area contributed by atoms with Gasteiger partial charge in [0, 0.05) is 48.9 Å². The third-order valence-electron chi connectivity index (χ3n) is 4.62. The molecule has 0 aliphatic rings. The molecule has 0 spiro atoms. The van der Waals surface area contributed by atoms with Crippen LogP contribution in [0.15, 0.2) is 42.5 Å². The van der Waals surface area contributed by atoms with Gasteiger partial charge in [0.1, 0.15) is 17.5 Å². The second-order valence-electron chi connectivity index (χ2n) is 7.13. The highest BCUT2D eigenvalue weighted by atomic mass is 35.5. The molecule has 8 heteroatoms. The van der Waals surface area contributed by atoms with Crippen LogP contribution in [0, 0.1) is 0 Å². The quantitative estimate of drug-likeness (QED) is 0.461. The maximum absolute atomic E-state index is 13.1. The predicted octanol–water partition coefficient (Wildman–Crippen LogP) is 4.61. The Labute approximate surface area is 187 Å². The maximum Gasteiger partial charge on any atom is 0.303 e. The zero-order valence-corrected chi connectivity index (χ0v) is 18.8. The summed E-state index contributed by atoms with van der Waals surface area (Å²) in [6.07, 6.45) is 1.28. The monoisotopic (exact) mass is 448 g/mol. The number of amides is 1.